The fourth-order valence-electron chi connectivity index (χ4n) is 13.3. The molecule has 5 aromatic rings. The van der Waals surface area contributed by atoms with Gasteiger partial charge >= 0.3 is 0 Å². The number of hydrogen-bond donors (Lipinski definition) is 0. The van der Waals surface area contributed by atoms with Crippen molar-refractivity contribution in [1.82, 2.24) is 0 Å². The van der Waals surface area contributed by atoms with Crippen LogP contribution in [0.4, 0.5) is 39.8 Å². The van der Waals surface area contributed by atoms with Crippen molar-refractivity contribution in [2.45, 2.75) is 140 Å². The first-order valence-electron chi connectivity index (χ1n) is 22.6. The third-order valence-corrected chi connectivity index (χ3v) is 21.2. The van der Waals surface area contributed by atoms with E-state index in [9.17, 15) is 0 Å². The first-order chi connectivity index (χ1) is 27.5. The molecular weight excluding hydrogens is 734 g/mol. The second-order valence-corrected chi connectivity index (χ2v) is 32.2. The molecule has 4 aliphatic heterocycles. The van der Waals surface area contributed by atoms with Crippen LogP contribution in [0.3, 0.4) is 0 Å². The van der Waals surface area contributed by atoms with Crippen molar-refractivity contribution in [2.75, 3.05) is 14.7 Å². The molecular formula is C52H62BN3Si2. The molecule has 2 saturated carbocycles. The molecule has 0 amide bonds. The summed E-state index contributed by atoms with van der Waals surface area (Å²) in [4.78, 5) is 8.45. The van der Waals surface area contributed by atoms with Crippen LogP contribution in [0, 0.1) is 0 Å². The Morgan fingerprint density at radius 2 is 0.897 bits per heavy atom. The summed E-state index contributed by atoms with van der Waals surface area (Å²) in [5.74, 6) is 0. The second kappa shape index (κ2) is 11.8. The second-order valence-electron chi connectivity index (χ2n) is 22.0. The summed E-state index contributed by atoms with van der Waals surface area (Å²) < 4.78 is 0. The van der Waals surface area contributed by atoms with Gasteiger partial charge in [0.15, 0.2) is 0 Å². The van der Waals surface area contributed by atoms with E-state index >= 15 is 0 Å². The Balaban J connectivity index is 1.24. The summed E-state index contributed by atoms with van der Waals surface area (Å²) in [6.07, 6.45) is 10.1. The summed E-state index contributed by atoms with van der Waals surface area (Å²) in [6.45, 7) is 25.5. The van der Waals surface area contributed by atoms with E-state index < -0.39 is 16.1 Å². The molecule has 0 bridgehead atoms. The molecule has 3 nitrogen and oxygen atoms in total. The number of rotatable bonds is 5. The van der Waals surface area contributed by atoms with Crippen LogP contribution in [0.15, 0.2) is 97.1 Å². The van der Waals surface area contributed by atoms with E-state index in [-0.39, 0.29) is 28.6 Å². The lowest BCUT2D eigenvalue weighted by molar-refractivity contribution is 0.194. The molecule has 0 saturated heterocycles. The Morgan fingerprint density at radius 1 is 0.500 bits per heavy atom. The fraction of sp³-hybridized carbons (Fsp3) is 0.423. The summed E-state index contributed by atoms with van der Waals surface area (Å²) in [5, 5.41) is 3.01. The summed E-state index contributed by atoms with van der Waals surface area (Å²) in [7, 11) is -2.98. The van der Waals surface area contributed by atoms with Crippen molar-refractivity contribution < 1.29 is 0 Å². The molecule has 296 valence electrons. The molecule has 4 atom stereocenters. The Hall–Kier alpha value is -4.00. The van der Waals surface area contributed by atoms with Crippen LogP contribution in [0.2, 0.25) is 39.3 Å². The quantitative estimate of drug-likeness (QED) is 0.164. The standard InChI is InChI=1S/C52H62BN3Si2/c1-49-29-11-13-31-51(49,3)55-44-33-37(54(35-21-25-38(26-22-35)57(5,6)7)36-23-27-39(28-24-36)58(8,9)10)34-45-46(44)53(42-19-15-17-40(49)47(42)55)43-20-16-18-41-48(43)56(45)52(4)32-14-12-30-50(41,52)2/h15-28,33-34H,11-14,29-32H2,1-10H3. The topological polar surface area (TPSA) is 9.72 Å². The fourth-order valence-corrected chi connectivity index (χ4v) is 15.7. The Morgan fingerprint density at radius 3 is 1.29 bits per heavy atom. The van der Waals surface area contributed by atoms with Crippen molar-refractivity contribution in [2.24, 2.45) is 0 Å². The maximum absolute atomic E-state index is 2.92. The molecule has 5 aromatic carbocycles. The average Bonchev–Trinajstić information content (AvgIpc) is 3.54. The third-order valence-electron chi connectivity index (χ3n) is 17.1. The lowest BCUT2D eigenvalue weighted by atomic mass is 9.33. The molecule has 6 aliphatic rings. The number of hydrogen-bond acceptors (Lipinski definition) is 3. The zero-order valence-electron chi connectivity index (χ0n) is 36.8. The van der Waals surface area contributed by atoms with Crippen molar-refractivity contribution >= 4 is 89.4 Å². The highest BCUT2D eigenvalue weighted by molar-refractivity contribution is 7.00. The van der Waals surface area contributed by atoms with E-state index in [0.717, 1.165) is 0 Å². The van der Waals surface area contributed by atoms with E-state index in [2.05, 4.69) is 179 Å². The highest BCUT2D eigenvalue weighted by Gasteiger charge is 2.64. The minimum absolute atomic E-state index is 0.0137. The number of fused-ring (bicyclic) bond motifs is 10. The van der Waals surface area contributed by atoms with Gasteiger partial charge in [0.05, 0.1) is 32.9 Å². The minimum Gasteiger partial charge on any atom is -0.335 e. The monoisotopic (exact) mass is 795 g/mol. The van der Waals surface area contributed by atoms with Gasteiger partial charge in [-0.15, -0.1) is 0 Å². The van der Waals surface area contributed by atoms with Crippen molar-refractivity contribution in [3.05, 3.63) is 108 Å². The van der Waals surface area contributed by atoms with E-state index in [1.165, 1.54) is 118 Å². The summed E-state index contributed by atoms with van der Waals surface area (Å²) in [5.41, 5.74) is 17.5. The lowest BCUT2D eigenvalue weighted by Crippen LogP contribution is -2.66. The normalized spacial score (nSPS) is 27.4. The van der Waals surface area contributed by atoms with Crippen molar-refractivity contribution in [3.63, 3.8) is 0 Å². The largest absolute Gasteiger partial charge is 0.335 e. The van der Waals surface area contributed by atoms with E-state index in [0.29, 0.717) is 0 Å². The van der Waals surface area contributed by atoms with Gasteiger partial charge in [0, 0.05) is 45.0 Å². The smallest absolute Gasteiger partial charge is 0.252 e. The molecule has 0 spiro atoms. The van der Waals surface area contributed by atoms with Gasteiger partial charge in [0.2, 0.25) is 0 Å². The lowest BCUT2D eigenvalue weighted by Gasteiger charge is -2.55. The predicted molar refractivity (Wildman–Crippen MR) is 257 cm³/mol. The zero-order chi connectivity index (χ0) is 40.4. The van der Waals surface area contributed by atoms with Gasteiger partial charge in [-0.2, -0.15) is 0 Å². The highest BCUT2D eigenvalue weighted by Crippen LogP contribution is 2.65. The van der Waals surface area contributed by atoms with Gasteiger partial charge < -0.3 is 14.7 Å². The molecule has 4 unspecified atom stereocenters. The van der Waals surface area contributed by atoms with Gasteiger partial charge in [-0.05, 0) is 103 Å². The van der Waals surface area contributed by atoms with Crippen LogP contribution in [0.1, 0.15) is 90.2 Å². The van der Waals surface area contributed by atoms with Crippen molar-refractivity contribution in [1.29, 1.82) is 0 Å². The van der Waals surface area contributed by atoms with Crippen LogP contribution >= 0.6 is 0 Å². The molecule has 0 N–H and O–H groups in total. The first-order valence-corrected chi connectivity index (χ1v) is 29.6. The van der Waals surface area contributed by atoms with Crippen molar-refractivity contribution in [3.8, 4) is 0 Å². The minimum atomic E-state index is -1.49. The Kier molecular flexibility index (Phi) is 7.56. The molecule has 4 heterocycles. The molecule has 0 radical (unpaired) electrons. The molecule has 58 heavy (non-hydrogen) atoms. The van der Waals surface area contributed by atoms with Crippen LogP contribution in [-0.2, 0) is 10.8 Å². The molecule has 2 aliphatic carbocycles. The van der Waals surface area contributed by atoms with E-state index in [1.807, 2.05) is 0 Å². The summed E-state index contributed by atoms with van der Waals surface area (Å²) in [6, 6.07) is 39.5. The summed E-state index contributed by atoms with van der Waals surface area (Å²) >= 11 is 0. The van der Waals surface area contributed by atoms with Crippen LogP contribution in [0.25, 0.3) is 0 Å². The van der Waals surface area contributed by atoms with Gasteiger partial charge in [-0.1, -0.05) is 150 Å². The first kappa shape index (κ1) is 37.0. The van der Waals surface area contributed by atoms with Gasteiger partial charge in [0.1, 0.15) is 0 Å². The predicted octanol–water partition coefficient (Wildman–Crippen LogP) is 10.9. The number of benzene rings is 5. The maximum atomic E-state index is 2.92. The number of anilines is 7. The molecule has 11 rings (SSSR count). The molecule has 6 heteroatoms. The number of nitrogens with zero attached hydrogens (tertiary/aromatic N) is 3. The third kappa shape index (κ3) is 4.57. The average molecular weight is 796 g/mol. The SMILES string of the molecule is CC12CCCCC1(C)N1c3cc(N(c4ccc([Si](C)(C)C)cc4)c4ccc([Si](C)(C)C)cc4)cc4c3B(c3cccc2c31)c1cccc2c1N4C1(C)CCCCC21C. The van der Waals surface area contributed by atoms with Gasteiger partial charge in [-0.25, -0.2) is 0 Å². The van der Waals surface area contributed by atoms with Crippen LogP contribution in [-0.4, -0.2) is 33.9 Å². The van der Waals surface area contributed by atoms with Gasteiger partial charge in [0.25, 0.3) is 6.71 Å². The molecule has 2 fully saturated rings. The zero-order valence-corrected chi connectivity index (χ0v) is 38.8. The van der Waals surface area contributed by atoms with Crippen LogP contribution < -0.4 is 41.5 Å². The molecule has 0 aromatic heterocycles. The van der Waals surface area contributed by atoms with E-state index in [4.69, 9.17) is 0 Å². The van der Waals surface area contributed by atoms with Gasteiger partial charge in [-0.3, -0.25) is 0 Å². The Labute approximate surface area is 351 Å². The van der Waals surface area contributed by atoms with Crippen LogP contribution in [0.5, 0.6) is 0 Å². The maximum Gasteiger partial charge on any atom is 0.252 e. The van der Waals surface area contributed by atoms with E-state index in [1.54, 1.807) is 11.1 Å². The highest BCUT2D eigenvalue weighted by atomic mass is 28.3. The Bertz CT molecular complexity index is 2360. The number of para-hydroxylation sites is 2.